The van der Waals surface area contributed by atoms with Gasteiger partial charge in [0, 0.05) is 24.9 Å². The van der Waals surface area contributed by atoms with Gasteiger partial charge in [0.25, 0.3) is 0 Å². The maximum absolute atomic E-state index is 11.1. The molecule has 0 saturated carbocycles. The van der Waals surface area contributed by atoms with Crippen LogP contribution in [0.3, 0.4) is 0 Å². The molecule has 86 valence electrons. The van der Waals surface area contributed by atoms with E-state index in [4.69, 9.17) is 7.85 Å². The molecule has 2 heterocycles. The summed E-state index contributed by atoms with van der Waals surface area (Å²) >= 11 is 0. The van der Waals surface area contributed by atoms with Gasteiger partial charge in [-0.05, 0) is 19.9 Å². The Labute approximate surface area is 96.9 Å². The average Bonchev–Trinajstić information content (AvgIpc) is 2.15. The third-order valence-electron chi connectivity index (χ3n) is 3.65. The predicted octanol–water partition coefficient (Wildman–Crippen LogP) is -1.39. The fourth-order valence-corrected chi connectivity index (χ4v) is 2.74. The molecule has 0 aliphatic carbocycles. The van der Waals surface area contributed by atoms with E-state index in [2.05, 4.69) is 0 Å². The SMILES string of the molecule is [B]C(=O)N1C[C@H]2CN(B(C)O)C[C@@H](C1)C2O. The van der Waals surface area contributed by atoms with E-state index in [1.807, 2.05) is 4.81 Å². The summed E-state index contributed by atoms with van der Waals surface area (Å²) in [5.74, 6) is -0.434. The molecular formula is C9H16B2N2O3. The first kappa shape index (κ1) is 12.0. The topological polar surface area (TPSA) is 64.0 Å². The zero-order valence-electron chi connectivity index (χ0n) is 9.41. The van der Waals surface area contributed by atoms with E-state index in [-0.39, 0.29) is 17.9 Å². The van der Waals surface area contributed by atoms with E-state index in [1.54, 1.807) is 11.7 Å². The van der Waals surface area contributed by atoms with E-state index >= 15 is 0 Å². The number of hydrogen-bond donors (Lipinski definition) is 2. The molecular weight excluding hydrogens is 206 g/mol. The van der Waals surface area contributed by atoms with Gasteiger partial charge in [0.1, 0.15) is 0 Å². The van der Waals surface area contributed by atoms with E-state index in [0.29, 0.717) is 26.2 Å². The predicted molar refractivity (Wildman–Crippen MR) is 61.1 cm³/mol. The first-order valence-corrected chi connectivity index (χ1v) is 5.63. The second kappa shape index (κ2) is 4.39. The van der Waals surface area contributed by atoms with E-state index in [1.165, 1.54) is 0 Å². The highest BCUT2D eigenvalue weighted by Crippen LogP contribution is 2.29. The molecule has 2 rings (SSSR count). The van der Waals surface area contributed by atoms with Gasteiger partial charge in [0.15, 0.2) is 5.81 Å². The largest absolute Gasteiger partial charge is 0.437 e. The lowest BCUT2D eigenvalue weighted by Gasteiger charge is -2.49. The van der Waals surface area contributed by atoms with Gasteiger partial charge in [0.2, 0.25) is 7.85 Å². The number of carbonyl (C=O) groups is 1. The fraction of sp³-hybridized carbons (Fsp3) is 0.889. The number of hydrogen-bond acceptors (Lipinski definition) is 4. The number of amides is 1. The van der Waals surface area contributed by atoms with Gasteiger partial charge in [-0.3, -0.25) is 4.79 Å². The van der Waals surface area contributed by atoms with Crippen molar-refractivity contribution < 1.29 is 14.9 Å². The van der Waals surface area contributed by atoms with E-state index < -0.39 is 12.9 Å². The van der Waals surface area contributed by atoms with Crippen molar-refractivity contribution in [3.63, 3.8) is 0 Å². The molecule has 2 bridgehead atoms. The smallest absolute Gasteiger partial charge is 0.376 e. The van der Waals surface area contributed by atoms with Crippen molar-refractivity contribution in [3.05, 3.63) is 0 Å². The number of carbonyl (C=O) groups excluding carboxylic acids is 1. The van der Waals surface area contributed by atoms with Crippen molar-refractivity contribution in [2.75, 3.05) is 26.2 Å². The minimum Gasteiger partial charge on any atom is -0.437 e. The third-order valence-corrected chi connectivity index (χ3v) is 3.65. The van der Waals surface area contributed by atoms with Crippen LogP contribution in [0.25, 0.3) is 0 Å². The van der Waals surface area contributed by atoms with Gasteiger partial charge in [0.05, 0.1) is 6.10 Å². The first-order chi connectivity index (χ1) is 7.49. The van der Waals surface area contributed by atoms with Crippen molar-refractivity contribution >= 4 is 20.7 Å². The van der Waals surface area contributed by atoms with Gasteiger partial charge in [-0.1, -0.05) is 0 Å². The van der Waals surface area contributed by atoms with Crippen LogP contribution in [0.2, 0.25) is 6.82 Å². The summed E-state index contributed by atoms with van der Waals surface area (Å²) in [6.45, 7) is 3.91. The van der Waals surface area contributed by atoms with Crippen LogP contribution in [-0.2, 0) is 0 Å². The lowest BCUT2D eigenvalue weighted by molar-refractivity contribution is -0.0493. The molecule has 2 radical (unpaired) electrons. The Balaban J connectivity index is 2.07. The average molecular weight is 222 g/mol. The lowest BCUT2D eigenvalue weighted by atomic mass is 9.74. The first-order valence-electron chi connectivity index (χ1n) is 5.63. The molecule has 2 aliphatic heterocycles. The van der Waals surface area contributed by atoms with E-state index in [0.717, 1.165) is 0 Å². The number of nitrogens with zero attached hydrogens (tertiary/aromatic N) is 2. The van der Waals surface area contributed by atoms with Gasteiger partial charge in [-0.25, -0.2) is 0 Å². The maximum Gasteiger partial charge on any atom is 0.376 e. The summed E-state index contributed by atoms with van der Waals surface area (Å²) < 4.78 is 0. The van der Waals surface area contributed by atoms with Gasteiger partial charge in [-0.15, -0.1) is 0 Å². The number of likely N-dealkylation sites (tertiary alicyclic amines) is 1. The molecule has 0 aromatic carbocycles. The van der Waals surface area contributed by atoms with Crippen molar-refractivity contribution in [2.24, 2.45) is 11.8 Å². The van der Waals surface area contributed by atoms with Crippen LogP contribution >= 0.6 is 0 Å². The summed E-state index contributed by atoms with van der Waals surface area (Å²) in [6.07, 6.45) is -0.384. The highest BCUT2D eigenvalue weighted by Gasteiger charge is 2.43. The Hall–Kier alpha value is -0.520. The minimum atomic E-state index is -0.502. The number of fused-ring (bicyclic) bond motifs is 2. The number of piperidine rings is 2. The Bertz CT molecular complexity index is 274. The summed E-state index contributed by atoms with van der Waals surface area (Å²) in [5, 5.41) is 19.5. The van der Waals surface area contributed by atoms with Crippen LogP contribution in [0.5, 0.6) is 0 Å². The molecule has 2 aliphatic rings. The molecule has 2 N–H and O–H groups in total. The van der Waals surface area contributed by atoms with E-state index in [9.17, 15) is 14.9 Å². The van der Waals surface area contributed by atoms with Gasteiger partial charge in [-0.2, -0.15) is 0 Å². The Morgan fingerprint density at radius 3 is 2.19 bits per heavy atom. The fourth-order valence-electron chi connectivity index (χ4n) is 2.74. The van der Waals surface area contributed by atoms with Crippen LogP contribution in [-0.4, -0.2) is 72.8 Å². The summed E-state index contributed by atoms with van der Waals surface area (Å²) in [5.41, 5.74) is 0. The van der Waals surface area contributed by atoms with Crippen LogP contribution < -0.4 is 0 Å². The molecule has 7 heteroatoms. The Kier molecular flexibility index (Phi) is 3.28. The summed E-state index contributed by atoms with van der Waals surface area (Å²) in [7, 11) is 4.75. The third kappa shape index (κ3) is 2.12. The molecule has 0 spiro atoms. The molecule has 1 unspecified atom stereocenters. The number of aliphatic hydroxyl groups excluding tert-OH is 1. The maximum atomic E-state index is 11.1. The Morgan fingerprint density at radius 1 is 1.31 bits per heavy atom. The van der Waals surface area contributed by atoms with Crippen molar-refractivity contribution in [3.8, 4) is 0 Å². The second-order valence-corrected chi connectivity index (χ2v) is 4.84. The molecule has 3 atom stereocenters. The standard InChI is InChI=1S/C9H16B2N2O3/c1-11(16)13-4-6-2-12(9(10)15)3-7(5-13)8(6)14/h6-8,14,16H,2-5H2,1H3/t6-,7+,8?. The quantitative estimate of drug-likeness (QED) is 0.536. The molecule has 2 saturated heterocycles. The normalized spacial score (nSPS) is 34.9. The lowest BCUT2D eigenvalue weighted by Crippen LogP contribution is -2.63. The zero-order chi connectivity index (χ0) is 11.9. The molecule has 5 nitrogen and oxygen atoms in total. The van der Waals surface area contributed by atoms with Crippen molar-refractivity contribution in [2.45, 2.75) is 12.9 Å². The molecule has 1 amide bonds. The number of rotatable bonds is 1. The zero-order valence-corrected chi connectivity index (χ0v) is 9.41. The molecule has 2 fully saturated rings. The summed E-state index contributed by atoms with van der Waals surface area (Å²) in [6, 6.07) is 0. The highest BCUT2D eigenvalue weighted by molar-refractivity contribution is 6.56. The van der Waals surface area contributed by atoms with Gasteiger partial charge >= 0.3 is 7.05 Å². The van der Waals surface area contributed by atoms with Crippen molar-refractivity contribution in [1.82, 2.24) is 9.71 Å². The van der Waals surface area contributed by atoms with Crippen LogP contribution in [0.15, 0.2) is 0 Å². The molecule has 0 aromatic heterocycles. The Morgan fingerprint density at radius 2 is 1.81 bits per heavy atom. The highest BCUT2D eigenvalue weighted by atomic mass is 16.3. The minimum absolute atomic E-state index is 0.00500. The second-order valence-electron chi connectivity index (χ2n) is 4.84. The molecule has 0 aromatic rings. The van der Waals surface area contributed by atoms with Crippen molar-refractivity contribution in [1.29, 1.82) is 0 Å². The summed E-state index contributed by atoms with van der Waals surface area (Å²) in [4.78, 5) is 14.6. The van der Waals surface area contributed by atoms with Crippen LogP contribution in [0.1, 0.15) is 0 Å². The van der Waals surface area contributed by atoms with Gasteiger partial charge < -0.3 is 19.8 Å². The molecule has 16 heavy (non-hydrogen) atoms. The van der Waals surface area contributed by atoms with Crippen LogP contribution in [0, 0.1) is 11.8 Å². The monoisotopic (exact) mass is 222 g/mol. The van der Waals surface area contributed by atoms with Crippen LogP contribution in [0.4, 0.5) is 4.79 Å². The number of aliphatic hydroxyl groups is 1.